The summed E-state index contributed by atoms with van der Waals surface area (Å²) in [5.41, 5.74) is 1.69. The highest BCUT2D eigenvalue weighted by atomic mass is 79.9. The summed E-state index contributed by atoms with van der Waals surface area (Å²) in [6, 6.07) is 9.35. The van der Waals surface area contributed by atoms with Crippen molar-refractivity contribution in [3.8, 4) is 11.6 Å². The lowest BCUT2D eigenvalue weighted by Crippen LogP contribution is -1.98. The van der Waals surface area contributed by atoms with Gasteiger partial charge in [0.25, 0.3) is 0 Å². The lowest BCUT2D eigenvalue weighted by molar-refractivity contribution is 0.194. The molecule has 18 heavy (non-hydrogen) atoms. The average Bonchev–Trinajstić information content (AvgIpc) is 2.33. The van der Waals surface area contributed by atoms with Crippen LogP contribution >= 0.6 is 15.9 Å². The molecular formula is C14H14BrNO2. The van der Waals surface area contributed by atoms with E-state index in [1.54, 1.807) is 25.3 Å². The molecule has 0 spiro atoms. The first-order valence-electron chi connectivity index (χ1n) is 5.65. The number of benzene rings is 1. The van der Waals surface area contributed by atoms with Crippen molar-refractivity contribution in [3.05, 3.63) is 52.1 Å². The number of halogens is 1. The standard InChI is InChI=1S/C14H14BrNO2/c1-9-8-11(15)5-6-13(9)18-14-12(10(2)17)4-3-7-16-14/h3-8,10,17H,1-2H3/t10-/m0/s1. The van der Waals surface area contributed by atoms with E-state index in [9.17, 15) is 5.11 Å². The molecule has 0 saturated heterocycles. The van der Waals surface area contributed by atoms with Crippen LogP contribution in [0.4, 0.5) is 0 Å². The molecule has 0 amide bonds. The summed E-state index contributed by atoms with van der Waals surface area (Å²) in [5, 5.41) is 9.67. The van der Waals surface area contributed by atoms with Crippen molar-refractivity contribution in [2.45, 2.75) is 20.0 Å². The van der Waals surface area contributed by atoms with Gasteiger partial charge in [-0.15, -0.1) is 0 Å². The smallest absolute Gasteiger partial charge is 0.225 e. The van der Waals surface area contributed by atoms with Crippen molar-refractivity contribution >= 4 is 15.9 Å². The van der Waals surface area contributed by atoms with E-state index in [1.165, 1.54) is 0 Å². The number of hydrogen-bond acceptors (Lipinski definition) is 3. The molecule has 94 valence electrons. The molecule has 1 atom stereocenters. The maximum atomic E-state index is 9.67. The summed E-state index contributed by atoms with van der Waals surface area (Å²) in [6.07, 6.45) is 1.04. The number of hydrogen-bond donors (Lipinski definition) is 1. The topological polar surface area (TPSA) is 42.4 Å². The number of aryl methyl sites for hydroxylation is 1. The van der Waals surface area contributed by atoms with Crippen LogP contribution in [0, 0.1) is 6.92 Å². The number of aliphatic hydroxyl groups is 1. The zero-order valence-electron chi connectivity index (χ0n) is 10.2. The molecule has 0 fully saturated rings. The third kappa shape index (κ3) is 2.89. The molecule has 0 unspecified atom stereocenters. The fraction of sp³-hybridized carbons (Fsp3) is 0.214. The second-order valence-electron chi connectivity index (χ2n) is 4.09. The van der Waals surface area contributed by atoms with E-state index >= 15 is 0 Å². The molecule has 0 bridgehead atoms. The summed E-state index contributed by atoms with van der Waals surface area (Å²) < 4.78 is 6.77. The molecule has 1 aromatic carbocycles. The number of rotatable bonds is 3. The first kappa shape index (κ1) is 13.1. The Morgan fingerprint density at radius 3 is 2.78 bits per heavy atom. The molecule has 0 radical (unpaired) electrons. The predicted octanol–water partition coefficient (Wildman–Crippen LogP) is 4.00. The minimum atomic E-state index is -0.607. The molecule has 0 aliphatic heterocycles. The van der Waals surface area contributed by atoms with Gasteiger partial charge >= 0.3 is 0 Å². The zero-order valence-corrected chi connectivity index (χ0v) is 11.8. The van der Waals surface area contributed by atoms with Crippen molar-refractivity contribution in [2.75, 3.05) is 0 Å². The van der Waals surface area contributed by atoms with Gasteiger partial charge in [-0.1, -0.05) is 15.9 Å². The predicted molar refractivity (Wildman–Crippen MR) is 73.8 cm³/mol. The zero-order chi connectivity index (χ0) is 13.1. The Labute approximate surface area is 115 Å². The van der Waals surface area contributed by atoms with Crippen LogP contribution in [-0.2, 0) is 0 Å². The number of nitrogens with zero attached hydrogens (tertiary/aromatic N) is 1. The van der Waals surface area contributed by atoms with Crippen molar-refractivity contribution in [2.24, 2.45) is 0 Å². The van der Waals surface area contributed by atoms with Crippen LogP contribution in [0.25, 0.3) is 0 Å². The first-order valence-corrected chi connectivity index (χ1v) is 6.44. The Morgan fingerprint density at radius 2 is 2.11 bits per heavy atom. The van der Waals surface area contributed by atoms with Gasteiger partial charge in [0.1, 0.15) is 5.75 Å². The van der Waals surface area contributed by atoms with E-state index in [0.29, 0.717) is 11.4 Å². The normalized spacial score (nSPS) is 12.2. The van der Waals surface area contributed by atoms with E-state index < -0.39 is 6.10 Å². The van der Waals surface area contributed by atoms with Gasteiger partial charge in [0.05, 0.1) is 6.10 Å². The minimum absolute atomic E-state index is 0.443. The molecule has 4 heteroatoms. The molecule has 0 aliphatic carbocycles. The molecule has 0 aliphatic rings. The summed E-state index contributed by atoms with van der Waals surface area (Å²) in [4.78, 5) is 4.16. The van der Waals surface area contributed by atoms with Crippen molar-refractivity contribution in [1.82, 2.24) is 4.98 Å². The lowest BCUT2D eigenvalue weighted by atomic mass is 10.2. The van der Waals surface area contributed by atoms with Gasteiger partial charge in [-0.2, -0.15) is 0 Å². The number of aliphatic hydroxyl groups excluding tert-OH is 1. The van der Waals surface area contributed by atoms with Gasteiger partial charge in [0.2, 0.25) is 5.88 Å². The summed E-state index contributed by atoms with van der Waals surface area (Å²) in [5.74, 6) is 1.18. The van der Waals surface area contributed by atoms with E-state index in [2.05, 4.69) is 20.9 Å². The van der Waals surface area contributed by atoms with E-state index in [4.69, 9.17) is 4.74 Å². The third-order valence-electron chi connectivity index (χ3n) is 2.59. The largest absolute Gasteiger partial charge is 0.438 e. The monoisotopic (exact) mass is 307 g/mol. The second-order valence-corrected chi connectivity index (χ2v) is 5.00. The van der Waals surface area contributed by atoms with E-state index in [0.717, 1.165) is 15.8 Å². The molecule has 1 N–H and O–H groups in total. The van der Waals surface area contributed by atoms with E-state index in [-0.39, 0.29) is 0 Å². The van der Waals surface area contributed by atoms with Crippen LogP contribution < -0.4 is 4.74 Å². The maximum Gasteiger partial charge on any atom is 0.225 e. The number of ether oxygens (including phenoxy) is 1. The minimum Gasteiger partial charge on any atom is -0.438 e. The van der Waals surface area contributed by atoms with E-state index in [1.807, 2.05) is 25.1 Å². The first-order chi connectivity index (χ1) is 8.58. The second kappa shape index (κ2) is 5.50. The van der Waals surface area contributed by atoms with Gasteiger partial charge in [-0.25, -0.2) is 4.98 Å². The Hall–Kier alpha value is -1.39. The quantitative estimate of drug-likeness (QED) is 0.932. The van der Waals surface area contributed by atoms with Gasteiger partial charge in [-0.05, 0) is 49.7 Å². The molecule has 2 rings (SSSR count). The SMILES string of the molecule is Cc1cc(Br)ccc1Oc1ncccc1[C@H](C)O. The highest BCUT2D eigenvalue weighted by Gasteiger charge is 2.11. The average molecular weight is 308 g/mol. The molecule has 1 heterocycles. The van der Waals surface area contributed by atoms with Crippen molar-refractivity contribution < 1.29 is 9.84 Å². The van der Waals surface area contributed by atoms with Crippen LogP contribution in [0.2, 0.25) is 0 Å². The molecule has 1 aromatic heterocycles. The molecule has 3 nitrogen and oxygen atoms in total. The Morgan fingerprint density at radius 1 is 1.33 bits per heavy atom. The summed E-state index contributed by atoms with van der Waals surface area (Å²) in [7, 11) is 0. The Balaban J connectivity index is 2.34. The maximum absolute atomic E-state index is 9.67. The molecular weight excluding hydrogens is 294 g/mol. The van der Waals surface area contributed by atoms with Crippen LogP contribution in [0.1, 0.15) is 24.2 Å². The Bertz CT molecular complexity index is 555. The van der Waals surface area contributed by atoms with Gasteiger partial charge in [-0.3, -0.25) is 0 Å². The van der Waals surface area contributed by atoms with Crippen LogP contribution in [0.5, 0.6) is 11.6 Å². The summed E-state index contributed by atoms with van der Waals surface area (Å²) in [6.45, 7) is 3.66. The lowest BCUT2D eigenvalue weighted by Gasteiger charge is -2.13. The van der Waals surface area contributed by atoms with Crippen LogP contribution in [-0.4, -0.2) is 10.1 Å². The number of aromatic nitrogens is 1. The third-order valence-corrected chi connectivity index (χ3v) is 3.09. The van der Waals surface area contributed by atoms with Gasteiger partial charge in [0.15, 0.2) is 0 Å². The molecule has 0 saturated carbocycles. The Kier molecular flexibility index (Phi) is 3.99. The molecule has 2 aromatic rings. The van der Waals surface area contributed by atoms with Gasteiger partial charge in [0, 0.05) is 16.2 Å². The highest BCUT2D eigenvalue weighted by molar-refractivity contribution is 9.10. The van der Waals surface area contributed by atoms with Crippen molar-refractivity contribution in [3.63, 3.8) is 0 Å². The van der Waals surface area contributed by atoms with Crippen LogP contribution in [0.15, 0.2) is 41.0 Å². The highest BCUT2D eigenvalue weighted by Crippen LogP contribution is 2.30. The fourth-order valence-electron chi connectivity index (χ4n) is 1.64. The van der Waals surface area contributed by atoms with Crippen molar-refractivity contribution in [1.29, 1.82) is 0 Å². The number of pyridine rings is 1. The van der Waals surface area contributed by atoms with Gasteiger partial charge < -0.3 is 9.84 Å². The fourth-order valence-corrected chi connectivity index (χ4v) is 2.11. The van der Waals surface area contributed by atoms with Crippen LogP contribution in [0.3, 0.4) is 0 Å². The summed E-state index contributed by atoms with van der Waals surface area (Å²) >= 11 is 3.41.